The molecule has 7 nitrogen and oxygen atoms in total. The van der Waals surface area contributed by atoms with Crippen LogP contribution in [0.3, 0.4) is 0 Å². The molecule has 3 aromatic rings. The van der Waals surface area contributed by atoms with Crippen LogP contribution in [-0.4, -0.2) is 42.6 Å². The lowest BCUT2D eigenvalue weighted by molar-refractivity contribution is 0.0105. The Labute approximate surface area is 173 Å². The third kappa shape index (κ3) is 4.02. The van der Waals surface area contributed by atoms with Crippen molar-refractivity contribution in [2.75, 3.05) is 32.2 Å². The smallest absolute Gasteiger partial charge is 0.324 e. The summed E-state index contributed by atoms with van der Waals surface area (Å²) in [5, 5.41) is 15.9. The van der Waals surface area contributed by atoms with E-state index in [2.05, 4.69) is 10.1 Å². The Morgan fingerprint density at radius 3 is 2.38 bits per heavy atom. The summed E-state index contributed by atoms with van der Waals surface area (Å²) in [7, 11) is 3.19. The van der Waals surface area contributed by atoms with Crippen LogP contribution in [0.2, 0.25) is 5.02 Å². The number of hydrogen-bond donors (Lipinski definition) is 1. The van der Waals surface area contributed by atoms with Crippen LogP contribution in [0.1, 0.15) is 18.4 Å². The number of aromatic nitrogens is 2. The molecular formula is C21H22ClN3O4. The van der Waals surface area contributed by atoms with E-state index >= 15 is 0 Å². The summed E-state index contributed by atoms with van der Waals surface area (Å²) in [4.78, 5) is 6.47. The zero-order valence-corrected chi connectivity index (χ0v) is 17.0. The molecule has 1 N–H and O–H groups in total. The first-order chi connectivity index (χ1) is 14.0. The van der Waals surface area contributed by atoms with Crippen molar-refractivity contribution >= 4 is 17.6 Å². The van der Waals surface area contributed by atoms with Crippen LogP contribution in [-0.2, 0) is 5.60 Å². The second-order valence-electron chi connectivity index (χ2n) is 7.03. The Hall–Kier alpha value is -2.77. The fourth-order valence-corrected chi connectivity index (χ4v) is 3.71. The Morgan fingerprint density at radius 2 is 1.76 bits per heavy atom. The molecule has 2 aromatic carbocycles. The first-order valence-corrected chi connectivity index (χ1v) is 9.69. The number of piperidine rings is 1. The van der Waals surface area contributed by atoms with Crippen LogP contribution in [0, 0.1) is 0 Å². The first-order valence-electron chi connectivity index (χ1n) is 9.31. The van der Waals surface area contributed by atoms with Gasteiger partial charge in [0.25, 0.3) is 0 Å². The van der Waals surface area contributed by atoms with E-state index in [1.807, 2.05) is 29.2 Å². The van der Waals surface area contributed by atoms with Gasteiger partial charge >= 0.3 is 6.01 Å². The summed E-state index contributed by atoms with van der Waals surface area (Å²) in [6, 6.07) is 13.2. The quantitative estimate of drug-likeness (QED) is 0.676. The highest BCUT2D eigenvalue weighted by atomic mass is 35.5. The molecule has 1 aliphatic rings. The molecule has 152 valence electrons. The molecule has 0 saturated carbocycles. The predicted molar refractivity (Wildman–Crippen MR) is 110 cm³/mol. The van der Waals surface area contributed by atoms with Gasteiger partial charge in [0.1, 0.15) is 11.5 Å². The second kappa shape index (κ2) is 7.93. The van der Waals surface area contributed by atoms with Crippen molar-refractivity contribution in [2.45, 2.75) is 18.4 Å². The minimum atomic E-state index is -0.978. The largest absolute Gasteiger partial charge is 0.497 e. The molecule has 0 atom stereocenters. The van der Waals surface area contributed by atoms with Crippen LogP contribution < -0.4 is 14.4 Å². The third-order valence-electron chi connectivity index (χ3n) is 5.25. The van der Waals surface area contributed by atoms with Gasteiger partial charge in [-0.3, -0.25) is 0 Å². The molecule has 0 bridgehead atoms. The van der Waals surface area contributed by atoms with Gasteiger partial charge in [-0.15, -0.1) is 0 Å². The van der Waals surface area contributed by atoms with Crippen molar-refractivity contribution in [2.24, 2.45) is 0 Å². The summed E-state index contributed by atoms with van der Waals surface area (Å²) in [6.07, 6.45) is 1.02. The molecule has 29 heavy (non-hydrogen) atoms. The highest BCUT2D eigenvalue weighted by Gasteiger charge is 2.36. The molecule has 1 aliphatic heterocycles. The van der Waals surface area contributed by atoms with Gasteiger partial charge in [-0.05, 0) is 42.7 Å². The number of methoxy groups -OCH3 is 2. The number of anilines is 1. The van der Waals surface area contributed by atoms with Crippen LogP contribution in [0.4, 0.5) is 6.01 Å². The second-order valence-corrected chi connectivity index (χ2v) is 7.47. The standard InChI is InChI=1S/C21H22ClN3O4/c1-27-17-11-15(12-18(13-17)28-2)21(26)6-8-25(9-7-21)20-23-19(24-29-20)14-4-3-5-16(22)10-14/h3-5,10-13,26H,6-9H2,1-2H3. The number of rotatable bonds is 5. The Morgan fingerprint density at radius 1 is 1.07 bits per heavy atom. The molecule has 4 rings (SSSR count). The van der Waals surface area contributed by atoms with Gasteiger partial charge in [0, 0.05) is 29.7 Å². The fourth-order valence-electron chi connectivity index (χ4n) is 3.52. The summed E-state index contributed by atoms with van der Waals surface area (Å²) in [5.74, 6) is 1.79. The van der Waals surface area contributed by atoms with Crippen LogP contribution in [0.5, 0.6) is 11.5 Å². The van der Waals surface area contributed by atoms with Crippen molar-refractivity contribution in [3.05, 3.63) is 53.1 Å². The fraction of sp³-hybridized carbons (Fsp3) is 0.333. The van der Waals surface area contributed by atoms with Crippen LogP contribution >= 0.6 is 11.6 Å². The lowest BCUT2D eigenvalue weighted by atomic mass is 9.84. The number of nitrogens with zero attached hydrogens (tertiary/aromatic N) is 3. The van der Waals surface area contributed by atoms with E-state index in [0.717, 1.165) is 11.1 Å². The molecule has 0 amide bonds. The van der Waals surface area contributed by atoms with E-state index in [0.29, 0.717) is 54.3 Å². The molecule has 2 heterocycles. The third-order valence-corrected chi connectivity index (χ3v) is 5.48. The van der Waals surface area contributed by atoms with Crippen molar-refractivity contribution in [3.63, 3.8) is 0 Å². The van der Waals surface area contributed by atoms with E-state index in [-0.39, 0.29) is 0 Å². The molecule has 0 unspecified atom stereocenters. The molecule has 1 aromatic heterocycles. The average Bonchev–Trinajstić information content (AvgIpc) is 3.24. The van der Waals surface area contributed by atoms with Crippen LogP contribution in [0.25, 0.3) is 11.4 Å². The van der Waals surface area contributed by atoms with E-state index in [4.69, 9.17) is 25.6 Å². The van der Waals surface area contributed by atoms with E-state index < -0.39 is 5.60 Å². The number of aliphatic hydroxyl groups is 1. The molecule has 8 heteroatoms. The Balaban J connectivity index is 1.50. The summed E-state index contributed by atoms with van der Waals surface area (Å²) < 4.78 is 16.1. The van der Waals surface area contributed by atoms with E-state index in [1.54, 1.807) is 32.4 Å². The topological polar surface area (TPSA) is 80.9 Å². The number of halogens is 1. The zero-order valence-electron chi connectivity index (χ0n) is 16.3. The molecule has 1 saturated heterocycles. The molecule has 0 radical (unpaired) electrons. The van der Waals surface area contributed by atoms with Gasteiger partial charge in [-0.25, -0.2) is 0 Å². The number of ether oxygens (including phenoxy) is 2. The first kappa shape index (κ1) is 19.5. The summed E-state index contributed by atoms with van der Waals surface area (Å²) in [5.41, 5.74) is 0.594. The Kier molecular flexibility index (Phi) is 5.34. The van der Waals surface area contributed by atoms with Crippen molar-refractivity contribution in [1.29, 1.82) is 0 Å². The molecule has 0 aliphatic carbocycles. The zero-order chi connectivity index (χ0) is 20.4. The monoisotopic (exact) mass is 415 g/mol. The minimum Gasteiger partial charge on any atom is -0.497 e. The average molecular weight is 416 g/mol. The van der Waals surface area contributed by atoms with E-state index in [1.165, 1.54) is 0 Å². The van der Waals surface area contributed by atoms with Crippen molar-refractivity contribution in [1.82, 2.24) is 10.1 Å². The van der Waals surface area contributed by atoms with Gasteiger partial charge in [0.05, 0.1) is 19.8 Å². The van der Waals surface area contributed by atoms with Gasteiger partial charge < -0.3 is 24.0 Å². The minimum absolute atomic E-state index is 0.435. The highest BCUT2D eigenvalue weighted by Crippen LogP contribution is 2.38. The number of hydrogen-bond acceptors (Lipinski definition) is 7. The molecule has 0 spiro atoms. The summed E-state index contributed by atoms with van der Waals surface area (Å²) in [6.45, 7) is 1.15. The Bertz CT molecular complexity index is 977. The maximum Gasteiger partial charge on any atom is 0.324 e. The molecule has 1 fully saturated rings. The lowest BCUT2D eigenvalue weighted by Crippen LogP contribution is -2.42. The predicted octanol–water partition coefficient (Wildman–Crippen LogP) is 3.90. The van der Waals surface area contributed by atoms with Gasteiger partial charge in [0.15, 0.2) is 0 Å². The SMILES string of the molecule is COc1cc(OC)cc(C2(O)CCN(c3nc(-c4cccc(Cl)c4)no3)CC2)c1. The number of benzene rings is 2. The van der Waals surface area contributed by atoms with E-state index in [9.17, 15) is 5.11 Å². The van der Waals surface area contributed by atoms with Gasteiger partial charge in [-0.2, -0.15) is 4.98 Å². The highest BCUT2D eigenvalue weighted by molar-refractivity contribution is 6.30. The van der Waals surface area contributed by atoms with Gasteiger partial charge in [0.2, 0.25) is 5.82 Å². The van der Waals surface area contributed by atoms with Gasteiger partial charge in [-0.1, -0.05) is 28.9 Å². The maximum atomic E-state index is 11.2. The van der Waals surface area contributed by atoms with Crippen LogP contribution in [0.15, 0.2) is 47.0 Å². The summed E-state index contributed by atoms with van der Waals surface area (Å²) >= 11 is 6.04. The maximum absolute atomic E-state index is 11.2. The lowest BCUT2D eigenvalue weighted by Gasteiger charge is -2.37. The van der Waals surface area contributed by atoms with Crippen molar-refractivity contribution in [3.8, 4) is 22.9 Å². The van der Waals surface area contributed by atoms with Crippen molar-refractivity contribution < 1.29 is 19.1 Å². The normalized spacial score (nSPS) is 15.9. The molecular weight excluding hydrogens is 394 g/mol.